The van der Waals surface area contributed by atoms with Crippen molar-refractivity contribution in [1.82, 2.24) is 30.4 Å². The topological polar surface area (TPSA) is 142 Å². The molecule has 1 saturated heterocycles. The van der Waals surface area contributed by atoms with Crippen LogP contribution < -0.4 is 16.0 Å². The molecule has 12 heteroatoms. The molecule has 5 aromatic rings. The second-order valence-electron chi connectivity index (χ2n) is 11.6. The van der Waals surface area contributed by atoms with Crippen LogP contribution in [0, 0.1) is 5.82 Å². The van der Waals surface area contributed by atoms with Gasteiger partial charge in [0.15, 0.2) is 0 Å². The zero-order valence-electron chi connectivity index (χ0n) is 25.1. The van der Waals surface area contributed by atoms with Crippen LogP contribution in [0.25, 0.3) is 21.9 Å². The molecule has 11 nitrogen and oxygen atoms in total. The summed E-state index contributed by atoms with van der Waals surface area (Å²) in [6, 6.07) is 20.8. The molecule has 2 aliphatic heterocycles. The zero-order chi connectivity index (χ0) is 32.7. The molecule has 0 radical (unpaired) electrons. The summed E-state index contributed by atoms with van der Waals surface area (Å²) in [5.41, 5.74) is 3.25. The predicted molar refractivity (Wildman–Crippen MR) is 169 cm³/mol. The van der Waals surface area contributed by atoms with Gasteiger partial charge in [-0.05, 0) is 47.9 Å². The van der Waals surface area contributed by atoms with Crippen LogP contribution in [-0.2, 0) is 40.6 Å². The van der Waals surface area contributed by atoms with Gasteiger partial charge in [0.1, 0.15) is 24.1 Å². The molecule has 1 fully saturated rings. The van der Waals surface area contributed by atoms with Crippen LogP contribution in [0.3, 0.4) is 0 Å². The average Bonchev–Trinajstić information content (AvgIpc) is 3.58. The van der Waals surface area contributed by atoms with E-state index in [0.717, 1.165) is 33.1 Å². The van der Waals surface area contributed by atoms with Crippen molar-refractivity contribution in [3.63, 3.8) is 0 Å². The minimum Gasteiger partial charge on any atom is -0.350 e. The first-order valence-corrected chi connectivity index (χ1v) is 15.2. The van der Waals surface area contributed by atoms with Crippen LogP contribution in [0.15, 0.2) is 79.0 Å². The summed E-state index contributed by atoms with van der Waals surface area (Å²) in [6.07, 6.45) is 1.96. The lowest BCUT2D eigenvalue weighted by atomic mass is 10.0. The fourth-order valence-corrected chi connectivity index (χ4v) is 6.27. The van der Waals surface area contributed by atoms with Gasteiger partial charge < -0.3 is 20.1 Å². The standard InChI is InChI=1S/C35H29FN6O5/c36-31-25(12-11-24-26(31)18-42(35(24)47)28-13-14-29(43)40-34(28)46)33(45)39-17-21-9-7-20(8-10-21)16-38-30(44)19-41-27-6-2-1-4-22(27)23-5-3-15-37-32(23)41/h1-12,15,28H,13-14,16-19H2,(H,38,44)(H,39,45)(H,40,43,46). The van der Waals surface area contributed by atoms with E-state index in [1.54, 1.807) is 6.20 Å². The number of piperidine rings is 1. The van der Waals surface area contributed by atoms with Gasteiger partial charge in [0.05, 0.1) is 17.6 Å². The second-order valence-corrected chi connectivity index (χ2v) is 11.6. The minimum atomic E-state index is -0.877. The number of halogens is 1. The number of hydrogen-bond donors (Lipinski definition) is 3. The number of imide groups is 1. The van der Waals surface area contributed by atoms with E-state index < -0.39 is 35.5 Å². The van der Waals surface area contributed by atoms with Crippen molar-refractivity contribution in [2.24, 2.45) is 0 Å². The average molecular weight is 633 g/mol. The van der Waals surface area contributed by atoms with Crippen LogP contribution >= 0.6 is 0 Å². The highest BCUT2D eigenvalue weighted by Gasteiger charge is 2.40. The van der Waals surface area contributed by atoms with Gasteiger partial charge in [-0.15, -0.1) is 0 Å². The maximum atomic E-state index is 15.5. The van der Waals surface area contributed by atoms with Crippen LogP contribution in [0.5, 0.6) is 0 Å². The van der Waals surface area contributed by atoms with Crippen molar-refractivity contribution >= 4 is 51.5 Å². The highest BCUT2D eigenvalue weighted by molar-refractivity contribution is 6.08. The van der Waals surface area contributed by atoms with Gasteiger partial charge >= 0.3 is 0 Å². The number of carbonyl (C=O) groups excluding carboxylic acids is 5. The number of nitrogens with zero attached hydrogens (tertiary/aromatic N) is 3. The third-order valence-electron chi connectivity index (χ3n) is 8.69. The molecule has 3 aromatic carbocycles. The lowest BCUT2D eigenvalue weighted by Gasteiger charge is -2.29. The maximum Gasteiger partial charge on any atom is 0.255 e. The Kier molecular flexibility index (Phi) is 7.68. The molecule has 0 saturated carbocycles. The van der Waals surface area contributed by atoms with E-state index >= 15 is 4.39 Å². The van der Waals surface area contributed by atoms with E-state index in [1.165, 1.54) is 17.0 Å². The molecule has 2 aromatic heterocycles. The number of amides is 5. The van der Waals surface area contributed by atoms with Crippen LogP contribution in [0.4, 0.5) is 4.39 Å². The predicted octanol–water partition coefficient (Wildman–Crippen LogP) is 3.34. The van der Waals surface area contributed by atoms with Gasteiger partial charge in [0.25, 0.3) is 11.8 Å². The van der Waals surface area contributed by atoms with Crippen molar-refractivity contribution in [3.05, 3.63) is 113 Å². The molecule has 7 rings (SSSR count). The number of nitrogens with one attached hydrogen (secondary N) is 3. The first-order chi connectivity index (χ1) is 22.8. The largest absolute Gasteiger partial charge is 0.350 e. The Morgan fingerprint density at radius 1 is 0.894 bits per heavy atom. The molecule has 47 heavy (non-hydrogen) atoms. The minimum absolute atomic E-state index is 0.0492. The van der Waals surface area contributed by atoms with Gasteiger partial charge in [-0.1, -0.05) is 42.5 Å². The molecular weight excluding hydrogens is 603 g/mol. The highest BCUT2D eigenvalue weighted by atomic mass is 19.1. The first-order valence-electron chi connectivity index (χ1n) is 15.2. The van der Waals surface area contributed by atoms with E-state index in [1.807, 2.05) is 65.2 Å². The molecule has 0 bridgehead atoms. The number of pyridine rings is 1. The summed E-state index contributed by atoms with van der Waals surface area (Å²) >= 11 is 0. The summed E-state index contributed by atoms with van der Waals surface area (Å²) in [6.45, 7) is 0.392. The summed E-state index contributed by atoms with van der Waals surface area (Å²) in [5, 5.41) is 9.90. The van der Waals surface area contributed by atoms with Gasteiger partial charge in [0.2, 0.25) is 17.7 Å². The van der Waals surface area contributed by atoms with Crippen LogP contribution in [-0.4, -0.2) is 50.0 Å². The van der Waals surface area contributed by atoms with E-state index in [0.29, 0.717) is 6.54 Å². The smallest absolute Gasteiger partial charge is 0.255 e. The van der Waals surface area contributed by atoms with E-state index in [-0.39, 0.29) is 55.1 Å². The third kappa shape index (κ3) is 5.58. The van der Waals surface area contributed by atoms with Crippen LogP contribution in [0.1, 0.15) is 50.2 Å². The SMILES string of the molecule is O=C(Cn1c2ccccc2c2cccnc21)NCc1ccc(CNC(=O)c2ccc3c(c2F)CN(C2CCC(=O)NC2=O)C3=O)cc1. The third-order valence-corrected chi connectivity index (χ3v) is 8.69. The number of benzene rings is 3. The first kappa shape index (κ1) is 29.8. The van der Waals surface area contributed by atoms with Crippen molar-refractivity contribution in [2.45, 2.75) is 45.1 Å². The number of aromatic nitrogens is 2. The number of carbonyl (C=O) groups is 5. The lowest BCUT2D eigenvalue weighted by Crippen LogP contribution is -2.52. The van der Waals surface area contributed by atoms with Crippen LogP contribution in [0.2, 0.25) is 0 Å². The fourth-order valence-electron chi connectivity index (χ4n) is 6.27. The molecule has 0 aliphatic carbocycles. The molecular formula is C35H29FN6O5. The summed E-state index contributed by atoms with van der Waals surface area (Å²) in [7, 11) is 0. The number of rotatable bonds is 8. The number of fused-ring (bicyclic) bond motifs is 4. The van der Waals surface area contributed by atoms with E-state index in [9.17, 15) is 24.0 Å². The Morgan fingerprint density at radius 2 is 1.62 bits per heavy atom. The number of para-hydroxylation sites is 1. The summed E-state index contributed by atoms with van der Waals surface area (Å²) < 4.78 is 17.4. The summed E-state index contributed by atoms with van der Waals surface area (Å²) in [5.74, 6) is -3.13. The molecule has 4 heterocycles. The lowest BCUT2D eigenvalue weighted by molar-refractivity contribution is -0.137. The van der Waals surface area contributed by atoms with E-state index in [4.69, 9.17) is 0 Å². The molecule has 5 amide bonds. The fraction of sp³-hybridized carbons (Fsp3) is 0.200. The molecule has 3 N–H and O–H groups in total. The van der Waals surface area contributed by atoms with Gasteiger partial charge in [-0.2, -0.15) is 0 Å². The molecule has 236 valence electrons. The van der Waals surface area contributed by atoms with Gasteiger partial charge in [-0.25, -0.2) is 9.37 Å². The normalized spacial score (nSPS) is 16.0. The zero-order valence-corrected chi connectivity index (χ0v) is 25.1. The van der Waals surface area contributed by atoms with Crippen molar-refractivity contribution < 1.29 is 28.4 Å². The Labute approximate surface area is 267 Å². The Bertz CT molecular complexity index is 2050. The quantitative estimate of drug-likeness (QED) is 0.224. The summed E-state index contributed by atoms with van der Waals surface area (Å²) in [4.78, 5) is 68.3. The Balaban J connectivity index is 0.945. The second kappa shape index (κ2) is 12.1. The highest BCUT2D eigenvalue weighted by Crippen LogP contribution is 2.31. The van der Waals surface area contributed by atoms with Gasteiger partial charge in [0, 0.05) is 47.6 Å². The van der Waals surface area contributed by atoms with Gasteiger partial charge in [-0.3, -0.25) is 29.3 Å². The molecule has 2 aliphatic rings. The molecule has 1 atom stereocenters. The van der Waals surface area contributed by atoms with Crippen molar-refractivity contribution in [2.75, 3.05) is 0 Å². The Morgan fingerprint density at radius 3 is 2.38 bits per heavy atom. The monoisotopic (exact) mass is 632 g/mol. The molecule has 0 spiro atoms. The van der Waals surface area contributed by atoms with Crippen molar-refractivity contribution in [1.29, 1.82) is 0 Å². The van der Waals surface area contributed by atoms with Crippen molar-refractivity contribution in [3.8, 4) is 0 Å². The Hall–Kier alpha value is -5.91. The van der Waals surface area contributed by atoms with E-state index in [2.05, 4.69) is 20.9 Å². The molecule has 1 unspecified atom stereocenters. The maximum absolute atomic E-state index is 15.5. The number of hydrogen-bond acceptors (Lipinski definition) is 6.